The summed E-state index contributed by atoms with van der Waals surface area (Å²) in [4.78, 5) is 5.10. The first-order valence-electron chi connectivity index (χ1n) is 27.5. The minimum Gasteiger partial charge on any atom is 0 e. The van der Waals surface area contributed by atoms with Crippen LogP contribution in [-0.4, -0.2) is 43.9 Å². The average Bonchev–Trinajstić information content (AvgIpc) is 4.04. The van der Waals surface area contributed by atoms with Crippen molar-refractivity contribution < 1.29 is 30.4 Å². The van der Waals surface area contributed by atoms with Gasteiger partial charge in [-0.1, -0.05) is 115 Å². The Labute approximate surface area is 494 Å². The molecule has 5 nitrogen and oxygen atoms in total. The van der Waals surface area contributed by atoms with Crippen LogP contribution in [0.1, 0.15) is 59.7 Å². The molecule has 80 heavy (non-hydrogen) atoms. The van der Waals surface area contributed by atoms with Crippen molar-refractivity contribution in [1.29, 1.82) is 0 Å². The summed E-state index contributed by atoms with van der Waals surface area (Å²) in [6.45, 7) is 25.5. The van der Waals surface area contributed by atoms with E-state index >= 15 is 0 Å². The zero-order valence-corrected chi connectivity index (χ0v) is 54.0. The van der Waals surface area contributed by atoms with Crippen molar-refractivity contribution in [2.24, 2.45) is 0 Å². The number of benzene rings is 9. The topological polar surface area (TPSA) is 35.9 Å². The molecule has 9 aromatic carbocycles. The number of hydrogen-bond donors (Lipinski definition) is 0. The zero-order valence-electron chi connectivity index (χ0n) is 47.3. The first-order valence-corrected chi connectivity index (χ1v) is 35.7. The van der Waals surface area contributed by atoms with E-state index in [9.17, 15) is 0 Å². The van der Waals surface area contributed by atoms with Crippen LogP contribution in [0.3, 0.4) is 0 Å². The van der Waals surface area contributed by atoms with E-state index in [2.05, 4.69) is 283 Å². The SMILES string of the molecule is Cc1cc(C)[c]([Bi]([c]2ccc3c(c2)c2ccc(Oc4[c-]c5c(cc4)[Si](C)(C)c4cccc6c4n-5[c-][n+]6-c4c(-c5ccccc5)cccc4-c4ccccc4)[c-]c2n3-c2cc(C(C)(C)C)ccn2)[c]2c(C)cc(C)cc2C)c(C)c1.[Pt]. The Hall–Kier alpha value is -7.01. The van der Waals surface area contributed by atoms with E-state index in [0.29, 0.717) is 11.5 Å². The molecule has 13 rings (SSSR count). The number of pyridine rings is 1. The molecule has 0 spiro atoms. The predicted molar refractivity (Wildman–Crippen MR) is 332 cm³/mol. The molecule has 8 heteroatoms. The van der Waals surface area contributed by atoms with Crippen LogP contribution in [0.4, 0.5) is 0 Å². The molecule has 398 valence electrons. The van der Waals surface area contributed by atoms with Crippen molar-refractivity contribution in [3.05, 3.63) is 240 Å². The van der Waals surface area contributed by atoms with Crippen LogP contribution in [-0.2, 0) is 26.5 Å². The van der Waals surface area contributed by atoms with Crippen LogP contribution in [0.15, 0.2) is 182 Å². The molecular weight excluding hydrogens is 1370 g/mol. The summed E-state index contributed by atoms with van der Waals surface area (Å²) >= 11 is -2.98. The molecule has 0 bridgehead atoms. The van der Waals surface area contributed by atoms with Crippen molar-refractivity contribution in [3.63, 3.8) is 0 Å². The number of para-hydroxylation sites is 2. The van der Waals surface area contributed by atoms with Crippen LogP contribution >= 0.6 is 0 Å². The Morgan fingerprint density at radius 2 is 1.16 bits per heavy atom. The van der Waals surface area contributed by atoms with Crippen molar-refractivity contribution in [3.8, 4) is 50.9 Å². The summed E-state index contributed by atoms with van der Waals surface area (Å²) < 4.78 is 18.4. The molecular formula is C72H63BiN4OPtSi-2. The molecule has 3 aromatic heterocycles. The summed E-state index contributed by atoms with van der Waals surface area (Å²) in [6.07, 6.45) is 5.89. The van der Waals surface area contributed by atoms with Crippen LogP contribution in [0, 0.1) is 60.0 Å². The van der Waals surface area contributed by atoms with Crippen LogP contribution in [0.5, 0.6) is 11.5 Å². The Morgan fingerprint density at radius 1 is 0.575 bits per heavy atom. The summed E-state index contributed by atoms with van der Waals surface area (Å²) in [5.41, 5.74) is 20.3. The maximum Gasteiger partial charge on any atom is 0 e. The van der Waals surface area contributed by atoms with Gasteiger partial charge in [-0.2, -0.15) is 0 Å². The molecule has 0 amide bonds. The van der Waals surface area contributed by atoms with E-state index in [1.54, 1.807) is 6.54 Å². The molecule has 0 saturated heterocycles. The third-order valence-electron chi connectivity index (χ3n) is 16.2. The van der Waals surface area contributed by atoms with Gasteiger partial charge in [0.05, 0.1) is 16.7 Å². The maximum absolute atomic E-state index is 7.01. The van der Waals surface area contributed by atoms with E-state index < -0.39 is 29.8 Å². The van der Waals surface area contributed by atoms with Crippen LogP contribution in [0.25, 0.3) is 72.3 Å². The van der Waals surface area contributed by atoms with Gasteiger partial charge in [-0.3, -0.25) is 4.57 Å². The molecule has 0 saturated carbocycles. The van der Waals surface area contributed by atoms with Gasteiger partial charge >= 0.3 is 304 Å². The molecule has 0 unspecified atom stereocenters. The fraction of sp³-hybridized carbons (Fsp3) is 0.167. The number of hydrogen-bond acceptors (Lipinski definition) is 2. The fourth-order valence-electron chi connectivity index (χ4n) is 12.7. The second-order valence-electron chi connectivity index (χ2n) is 23.3. The van der Waals surface area contributed by atoms with E-state index in [1.165, 1.54) is 58.0 Å². The minimum absolute atomic E-state index is 0. The number of nitrogens with zero attached hydrogens (tertiary/aromatic N) is 4. The van der Waals surface area contributed by atoms with Crippen molar-refractivity contribution in [2.45, 2.75) is 80.8 Å². The summed E-state index contributed by atoms with van der Waals surface area (Å²) in [6, 6.07) is 72.5. The molecule has 0 N–H and O–H groups in total. The first kappa shape index (κ1) is 53.6. The summed E-state index contributed by atoms with van der Waals surface area (Å²) in [5, 5.41) is 4.97. The predicted octanol–water partition coefficient (Wildman–Crippen LogP) is 13.7. The molecule has 1 aliphatic heterocycles. The van der Waals surface area contributed by atoms with Gasteiger partial charge in [0.25, 0.3) is 6.33 Å². The summed E-state index contributed by atoms with van der Waals surface area (Å²) in [7, 11) is -2.27. The third kappa shape index (κ3) is 9.05. The number of rotatable bonds is 9. The fourth-order valence-corrected chi connectivity index (χ4v) is 26.9. The third-order valence-corrected chi connectivity index (χ3v) is 31.8. The van der Waals surface area contributed by atoms with Gasteiger partial charge in [0.2, 0.25) is 0 Å². The first-order chi connectivity index (χ1) is 38.0. The summed E-state index contributed by atoms with van der Waals surface area (Å²) in [5.74, 6) is 2.10. The second-order valence-corrected chi connectivity index (χ2v) is 35.7. The van der Waals surface area contributed by atoms with Gasteiger partial charge in [0.15, 0.2) is 0 Å². The number of aromatic nitrogens is 4. The van der Waals surface area contributed by atoms with Crippen molar-refractivity contribution in [2.75, 3.05) is 0 Å². The standard InChI is InChI=1S/C54H41N4OSi.2C9H11.Bi.Pt/c1-54(2,3)38-30-31-55-51(32-38)58-45-23-13-12-20-43(45)44-28-26-39(33-47(44)58)59-40-27-29-49-48(34-40)57-35-56(46-24-15-25-50(53(46)57)60(49,4)5)52-41(36-16-8-6-9-17-36)21-14-22-42(52)37-18-10-7-11-19-37;2*1-7-4-8(2)6-9(3)5-7;;/h6-11,13-32H,1-5H3;2*4-5H,1-3H3;;/q-2;;;;. The zero-order chi connectivity index (χ0) is 54.6. The van der Waals surface area contributed by atoms with Gasteiger partial charge in [-0.25, -0.2) is 0 Å². The molecule has 1 aliphatic rings. The van der Waals surface area contributed by atoms with E-state index in [1.807, 2.05) is 6.20 Å². The molecule has 0 aliphatic carbocycles. The largest absolute Gasteiger partial charge is 0 e. The second kappa shape index (κ2) is 20.5. The minimum atomic E-state index is -2.98. The Balaban J connectivity index is 0.00000637. The number of ether oxygens (including phenoxy) is 1. The number of aryl methyl sites for hydroxylation is 6. The Morgan fingerprint density at radius 3 is 1.77 bits per heavy atom. The van der Waals surface area contributed by atoms with Crippen molar-refractivity contribution in [1.82, 2.24) is 14.1 Å². The maximum atomic E-state index is 7.01. The Kier molecular flexibility index (Phi) is 13.7. The van der Waals surface area contributed by atoms with Gasteiger partial charge < -0.3 is 0 Å². The molecule has 0 atom stereocenters. The Bertz CT molecular complexity index is 4270. The van der Waals surface area contributed by atoms with Gasteiger partial charge in [0, 0.05) is 29.1 Å². The smallest absolute Gasteiger partial charge is 0 e. The molecule has 12 aromatic rings. The quantitative estimate of drug-likeness (QED) is 0.0820. The van der Waals surface area contributed by atoms with Crippen LogP contribution < -0.4 is 29.5 Å². The molecule has 0 fully saturated rings. The van der Waals surface area contributed by atoms with Crippen molar-refractivity contribution >= 4 is 82.9 Å². The monoisotopic (exact) mass is 1430 g/mol. The molecule has 0 radical (unpaired) electrons. The van der Waals surface area contributed by atoms with Crippen LogP contribution in [0.2, 0.25) is 13.1 Å². The van der Waals surface area contributed by atoms with E-state index in [-0.39, 0.29) is 26.5 Å². The van der Waals surface area contributed by atoms with Gasteiger partial charge in [0.1, 0.15) is 0 Å². The van der Waals surface area contributed by atoms with Gasteiger partial charge in [-0.15, -0.1) is 0 Å². The van der Waals surface area contributed by atoms with E-state index in [0.717, 1.165) is 66.9 Å². The van der Waals surface area contributed by atoms with Gasteiger partial charge in [-0.05, 0) is 22.3 Å². The number of fused-ring (bicyclic) bond motifs is 5. The normalized spacial score (nSPS) is 12.8. The van der Waals surface area contributed by atoms with E-state index in [4.69, 9.17) is 9.72 Å². The molecule has 4 heterocycles. The number of imidazole rings is 1. The average molecular weight is 1430 g/mol.